The second-order valence-electron chi connectivity index (χ2n) is 7.34. The van der Waals surface area contributed by atoms with Gasteiger partial charge in [-0.3, -0.25) is 4.90 Å². The second kappa shape index (κ2) is 8.60. The fourth-order valence-corrected chi connectivity index (χ4v) is 2.60. The Hall–Kier alpha value is -0.800. The number of nitrogens with one attached hydrogen (secondary N) is 1. The molecule has 0 radical (unpaired) electrons. The minimum atomic E-state index is 0.483. The lowest BCUT2D eigenvalue weighted by Crippen LogP contribution is -2.30. The van der Waals surface area contributed by atoms with Gasteiger partial charge in [-0.15, -0.1) is 0 Å². The number of hydrogen-bond donors (Lipinski definition) is 1. The van der Waals surface area contributed by atoms with Gasteiger partial charge in [-0.05, 0) is 30.4 Å². The van der Waals surface area contributed by atoms with E-state index in [2.05, 4.69) is 64.7 Å². The summed E-state index contributed by atoms with van der Waals surface area (Å²) in [6.07, 6.45) is 0. The van der Waals surface area contributed by atoms with Crippen molar-refractivity contribution in [3.8, 4) is 0 Å². The topological polar surface area (TPSA) is 28.4 Å². The molecule has 1 N–H and O–H groups in total. The van der Waals surface area contributed by atoms with Crippen LogP contribution >= 0.6 is 0 Å². The van der Waals surface area contributed by atoms with Gasteiger partial charge in [-0.2, -0.15) is 0 Å². The average Bonchev–Trinajstić information content (AvgIpc) is 2.65. The van der Waals surface area contributed by atoms with Crippen molar-refractivity contribution >= 4 is 0 Å². The molecule has 0 spiro atoms. The quantitative estimate of drug-likeness (QED) is 0.740. The summed E-state index contributed by atoms with van der Waals surface area (Å²) in [6.45, 7) is 19.5. The van der Waals surface area contributed by atoms with Crippen molar-refractivity contribution in [1.82, 2.24) is 10.2 Å². The van der Waals surface area contributed by atoms with Crippen molar-refractivity contribution < 1.29 is 4.42 Å². The van der Waals surface area contributed by atoms with E-state index in [1.165, 1.54) is 5.56 Å². The minimum absolute atomic E-state index is 0.483. The van der Waals surface area contributed by atoms with Crippen molar-refractivity contribution in [3.05, 3.63) is 23.2 Å². The van der Waals surface area contributed by atoms with E-state index in [9.17, 15) is 0 Å². The highest BCUT2D eigenvalue weighted by Gasteiger charge is 2.14. The van der Waals surface area contributed by atoms with Crippen LogP contribution in [0.1, 0.15) is 58.6 Å². The highest BCUT2D eigenvalue weighted by atomic mass is 16.3. The third-order valence-corrected chi connectivity index (χ3v) is 3.37. The number of hydrogen-bond acceptors (Lipinski definition) is 3. The number of rotatable bonds is 9. The van der Waals surface area contributed by atoms with Crippen molar-refractivity contribution in [2.45, 2.75) is 67.6 Å². The highest BCUT2D eigenvalue weighted by molar-refractivity contribution is 5.20. The minimum Gasteiger partial charge on any atom is -0.463 e. The fourth-order valence-electron chi connectivity index (χ4n) is 2.60. The monoisotopic (exact) mass is 294 g/mol. The van der Waals surface area contributed by atoms with Crippen LogP contribution in [0.2, 0.25) is 0 Å². The zero-order valence-electron chi connectivity index (χ0n) is 15.0. The van der Waals surface area contributed by atoms with Crippen LogP contribution in [0.25, 0.3) is 0 Å². The Morgan fingerprint density at radius 3 is 2.10 bits per heavy atom. The molecule has 0 aliphatic carbocycles. The first kappa shape index (κ1) is 18.2. The van der Waals surface area contributed by atoms with E-state index in [-0.39, 0.29) is 0 Å². The van der Waals surface area contributed by atoms with Crippen molar-refractivity contribution in [3.63, 3.8) is 0 Å². The molecule has 122 valence electrons. The maximum Gasteiger partial charge on any atom is 0.120 e. The first-order valence-corrected chi connectivity index (χ1v) is 8.31. The molecule has 0 aliphatic rings. The third kappa shape index (κ3) is 7.14. The maximum atomic E-state index is 6.05. The fraction of sp³-hybridized carbons (Fsp3) is 0.778. The van der Waals surface area contributed by atoms with Crippen LogP contribution in [0, 0.1) is 18.8 Å². The summed E-state index contributed by atoms with van der Waals surface area (Å²) in [4.78, 5) is 2.51. The standard InChI is InChI=1S/C18H34N2O/c1-13(2)10-20(11-14(3)4)12-17-8-16(7)18(21-17)9-19-15(5)6/h8,13-15,19H,9-12H2,1-7H3. The summed E-state index contributed by atoms with van der Waals surface area (Å²) in [5.74, 6) is 3.53. The summed E-state index contributed by atoms with van der Waals surface area (Å²) in [5.41, 5.74) is 1.26. The van der Waals surface area contributed by atoms with Gasteiger partial charge < -0.3 is 9.73 Å². The van der Waals surface area contributed by atoms with E-state index in [0.717, 1.165) is 37.7 Å². The van der Waals surface area contributed by atoms with Crippen LogP contribution in [-0.2, 0) is 13.1 Å². The molecule has 1 heterocycles. The van der Waals surface area contributed by atoms with Crippen LogP contribution in [-0.4, -0.2) is 24.0 Å². The second-order valence-corrected chi connectivity index (χ2v) is 7.34. The van der Waals surface area contributed by atoms with Gasteiger partial charge in [0.25, 0.3) is 0 Å². The van der Waals surface area contributed by atoms with Gasteiger partial charge in [0.15, 0.2) is 0 Å². The van der Waals surface area contributed by atoms with Gasteiger partial charge in [0.05, 0.1) is 13.1 Å². The van der Waals surface area contributed by atoms with Crippen LogP contribution in [0.15, 0.2) is 10.5 Å². The average molecular weight is 294 g/mol. The van der Waals surface area contributed by atoms with Crippen molar-refractivity contribution in [2.75, 3.05) is 13.1 Å². The molecule has 3 heteroatoms. The van der Waals surface area contributed by atoms with E-state index in [1.54, 1.807) is 0 Å². The predicted octanol–water partition coefficient (Wildman–Crippen LogP) is 4.20. The Kier molecular flexibility index (Phi) is 7.47. The lowest BCUT2D eigenvalue weighted by atomic mass is 10.1. The van der Waals surface area contributed by atoms with Crippen molar-refractivity contribution in [2.24, 2.45) is 11.8 Å². The summed E-state index contributed by atoms with van der Waals surface area (Å²) < 4.78 is 6.05. The van der Waals surface area contributed by atoms with Gasteiger partial charge in [0, 0.05) is 19.1 Å². The lowest BCUT2D eigenvalue weighted by molar-refractivity contribution is 0.195. The maximum absolute atomic E-state index is 6.05. The molecular formula is C18H34N2O. The largest absolute Gasteiger partial charge is 0.463 e. The van der Waals surface area contributed by atoms with Gasteiger partial charge in [-0.1, -0.05) is 41.5 Å². The molecule has 0 fully saturated rings. The molecule has 3 nitrogen and oxygen atoms in total. The molecule has 1 rings (SSSR count). The van der Waals surface area contributed by atoms with E-state index >= 15 is 0 Å². The van der Waals surface area contributed by atoms with Gasteiger partial charge in [-0.25, -0.2) is 0 Å². The van der Waals surface area contributed by atoms with Gasteiger partial charge in [0.2, 0.25) is 0 Å². The predicted molar refractivity (Wildman–Crippen MR) is 90.4 cm³/mol. The number of aryl methyl sites for hydroxylation is 1. The Bertz CT molecular complexity index is 397. The van der Waals surface area contributed by atoms with E-state index in [1.807, 2.05) is 0 Å². The normalized spacial score (nSPS) is 12.3. The highest BCUT2D eigenvalue weighted by Crippen LogP contribution is 2.18. The summed E-state index contributed by atoms with van der Waals surface area (Å²) in [7, 11) is 0. The third-order valence-electron chi connectivity index (χ3n) is 3.37. The molecule has 0 saturated carbocycles. The molecule has 0 bridgehead atoms. The number of nitrogens with zero attached hydrogens (tertiary/aromatic N) is 1. The summed E-state index contributed by atoms with van der Waals surface area (Å²) >= 11 is 0. The van der Waals surface area contributed by atoms with Gasteiger partial charge in [0.1, 0.15) is 11.5 Å². The summed E-state index contributed by atoms with van der Waals surface area (Å²) in [6, 6.07) is 2.68. The lowest BCUT2D eigenvalue weighted by Gasteiger charge is -2.25. The molecular weight excluding hydrogens is 260 g/mol. The molecule has 1 aromatic heterocycles. The van der Waals surface area contributed by atoms with Crippen LogP contribution in [0.4, 0.5) is 0 Å². The van der Waals surface area contributed by atoms with E-state index < -0.39 is 0 Å². The molecule has 0 aliphatic heterocycles. The summed E-state index contributed by atoms with van der Waals surface area (Å²) in [5, 5.41) is 3.43. The SMILES string of the molecule is Cc1cc(CN(CC(C)C)CC(C)C)oc1CNC(C)C. The first-order chi connectivity index (χ1) is 9.77. The van der Waals surface area contributed by atoms with Crippen molar-refractivity contribution in [1.29, 1.82) is 0 Å². The Morgan fingerprint density at radius 2 is 1.62 bits per heavy atom. The molecule has 0 amide bonds. The molecule has 0 atom stereocenters. The van der Waals surface area contributed by atoms with E-state index in [0.29, 0.717) is 17.9 Å². The Morgan fingerprint density at radius 1 is 1.05 bits per heavy atom. The molecule has 0 unspecified atom stereocenters. The molecule has 0 aromatic carbocycles. The zero-order valence-corrected chi connectivity index (χ0v) is 15.0. The first-order valence-electron chi connectivity index (χ1n) is 8.31. The molecule has 21 heavy (non-hydrogen) atoms. The van der Waals surface area contributed by atoms with Crippen LogP contribution in [0.5, 0.6) is 0 Å². The van der Waals surface area contributed by atoms with E-state index in [4.69, 9.17) is 4.42 Å². The molecule has 1 aromatic rings. The Balaban J connectivity index is 2.68. The molecule has 0 saturated heterocycles. The van der Waals surface area contributed by atoms with Crippen LogP contribution in [0.3, 0.4) is 0 Å². The Labute approximate surface area is 131 Å². The van der Waals surface area contributed by atoms with Gasteiger partial charge >= 0.3 is 0 Å². The zero-order chi connectivity index (χ0) is 16.0. The van der Waals surface area contributed by atoms with Crippen LogP contribution < -0.4 is 5.32 Å². The number of furan rings is 1. The smallest absolute Gasteiger partial charge is 0.120 e.